The third-order valence-electron chi connectivity index (χ3n) is 7.98. The molecule has 3 unspecified atom stereocenters. The molecular weight excluding hydrogens is 824 g/mol. The smallest absolute Gasteiger partial charge is 0.386 e. The summed E-state index contributed by atoms with van der Waals surface area (Å²) < 4.78 is 82.1. The zero-order chi connectivity index (χ0) is 34.8. The number of likely N-dealkylation sites (N-methyl/N-ethyl adjacent to an activating group) is 1. The molecule has 0 aliphatic carbocycles. The molecule has 9 heteroatoms. The molecule has 0 bridgehead atoms. The molecule has 1 N–H and O–H groups in total. The SMILES string of the molecule is CC/C=C\C=C(/C)C(c1ccc(C(F)(F)F)cc1C(F)(F)F)N(C)C/C=C(\C)NC(CCCC)CC(C)CC.[CH2-]CC(C)C[CH2-].[U+2]. The Morgan fingerprint density at radius 1 is 0.957 bits per heavy atom. The van der Waals surface area contributed by atoms with Crippen LogP contribution in [0.3, 0.4) is 0 Å². The first-order valence-electron chi connectivity index (χ1n) is 16.3. The van der Waals surface area contributed by atoms with Gasteiger partial charge in [0.15, 0.2) is 0 Å². The van der Waals surface area contributed by atoms with Gasteiger partial charge in [0.05, 0.1) is 17.2 Å². The van der Waals surface area contributed by atoms with Crippen molar-refractivity contribution in [3.8, 4) is 0 Å². The summed E-state index contributed by atoms with van der Waals surface area (Å²) >= 11 is 0. The summed E-state index contributed by atoms with van der Waals surface area (Å²) in [4.78, 5) is 1.74. The average molecular weight is 883 g/mol. The third kappa shape index (κ3) is 18.4. The maximum atomic E-state index is 14.1. The van der Waals surface area contributed by atoms with Crippen LogP contribution in [0.2, 0.25) is 0 Å². The van der Waals surface area contributed by atoms with Crippen molar-refractivity contribution >= 4 is 0 Å². The number of rotatable bonds is 17. The zero-order valence-electron chi connectivity index (χ0n) is 29.3. The Labute approximate surface area is 300 Å². The van der Waals surface area contributed by atoms with Crippen molar-refractivity contribution < 1.29 is 57.5 Å². The van der Waals surface area contributed by atoms with E-state index in [9.17, 15) is 26.3 Å². The number of unbranched alkanes of at least 4 members (excludes halogenated alkanes) is 1. The molecule has 0 spiro atoms. The average Bonchev–Trinajstić information content (AvgIpc) is 2.97. The number of nitrogens with one attached hydrogen (secondary N) is 1. The number of hydrogen-bond acceptors (Lipinski definition) is 2. The first-order valence-corrected chi connectivity index (χ1v) is 16.3. The second-order valence-electron chi connectivity index (χ2n) is 12.2. The summed E-state index contributed by atoms with van der Waals surface area (Å²) in [7, 11) is 1.70. The van der Waals surface area contributed by atoms with E-state index in [-0.39, 0.29) is 42.7 Å². The van der Waals surface area contributed by atoms with Crippen LogP contribution in [0.15, 0.2) is 53.8 Å². The van der Waals surface area contributed by atoms with Gasteiger partial charge in [0.1, 0.15) is 0 Å². The molecule has 0 fully saturated rings. The molecule has 0 aliphatic heterocycles. The van der Waals surface area contributed by atoms with Crippen LogP contribution in [-0.2, 0) is 12.4 Å². The number of alkyl halides is 6. The van der Waals surface area contributed by atoms with Crippen molar-refractivity contribution in [1.29, 1.82) is 0 Å². The molecule has 46 heavy (non-hydrogen) atoms. The van der Waals surface area contributed by atoms with Gasteiger partial charge in [-0.15, -0.1) is 0 Å². The van der Waals surface area contributed by atoms with Gasteiger partial charge in [-0.2, -0.15) is 39.2 Å². The van der Waals surface area contributed by atoms with Crippen LogP contribution in [0.25, 0.3) is 0 Å². The van der Waals surface area contributed by atoms with E-state index in [0.29, 0.717) is 30.0 Å². The van der Waals surface area contributed by atoms with Gasteiger partial charge in [-0.3, -0.25) is 4.90 Å². The van der Waals surface area contributed by atoms with Gasteiger partial charge >= 0.3 is 43.5 Å². The molecule has 0 amide bonds. The van der Waals surface area contributed by atoms with Crippen LogP contribution in [0.5, 0.6) is 0 Å². The zero-order valence-corrected chi connectivity index (χ0v) is 33.5. The fourth-order valence-electron chi connectivity index (χ4n) is 4.76. The van der Waals surface area contributed by atoms with E-state index in [4.69, 9.17) is 0 Å². The maximum absolute atomic E-state index is 14.1. The minimum absolute atomic E-state index is 0. The Kier molecular flexibility index (Phi) is 24.5. The Morgan fingerprint density at radius 2 is 1.57 bits per heavy atom. The van der Waals surface area contributed by atoms with Crippen LogP contribution in [0, 0.1) is 56.8 Å². The molecular formula is C37H58F6N2U. The first-order chi connectivity index (χ1) is 21.0. The number of halogens is 6. The Bertz CT molecular complexity index is 1040. The predicted molar refractivity (Wildman–Crippen MR) is 178 cm³/mol. The summed E-state index contributed by atoms with van der Waals surface area (Å²) in [6, 6.07) is 1.36. The maximum Gasteiger partial charge on any atom is 2.00 e. The van der Waals surface area contributed by atoms with E-state index < -0.39 is 29.5 Å². The Morgan fingerprint density at radius 3 is 2.02 bits per heavy atom. The molecule has 0 aliphatic rings. The monoisotopic (exact) mass is 883 g/mol. The van der Waals surface area contributed by atoms with Crippen molar-refractivity contribution in [1.82, 2.24) is 10.2 Å². The van der Waals surface area contributed by atoms with Crippen molar-refractivity contribution in [2.24, 2.45) is 11.8 Å². The first kappa shape index (κ1) is 46.9. The third-order valence-corrected chi connectivity index (χ3v) is 7.98. The number of allylic oxidation sites excluding steroid dienone is 4. The topological polar surface area (TPSA) is 15.3 Å². The van der Waals surface area contributed by atoms with Gasteiger partial charge in [-0.05, 0) is 63.8 Å². The molecule has 1 rings (SSSR count). The molecule has 2 nitrogen and oxygen atoms in total. The minimum Gasteiger partial charge on any atom is -0.386 e. The fraction of sp³-hybridized carbons (Fsp3) is 0.622. The fourth-order valence-corrected chi connectivity index (χ4v) is 4.76. The summed E-state index contributed by atoms with van der Waals surface area (Å²) in [6.45, 7) is 22.0. The molecule has 0 heterocycles. The number of benzene rings is 1. The van der Waals surface area contributed by atoms with Gasteiger partial charge in [0.2, 0.25) is 0 Å². The van der Waals surface area contributed by atoms with Crippen LogP contribution < -0.4 is 5.32 Å². The summed E-state index contributed by atoms with van der Waals surface area (Å²) in [5, 5.41) is 3.59. The summed E-state index contributed by atoms with van der Waals surface area (Å²) in [6.07, 6.45) is 5.64. The largest absolute Gasteiger partial charge is 2.00 e. The van der Waals surface area contributed by atoms with Crippen molar-refractivity contribution in [3.05, 3.63) is 84.3 Å². The van der Waals surface area contributed by atoms with E-state index in [2.05, 4.69) is 46.9 Å². The standard InChI is InChI=1S/C31H46F6N2.C6H12.U/c1-8-11-13-14-23(5)29(27-17-16-25(30(32,33)34)21-28(27)31(35,36)37)39(7)19-18-24(6)38-26(15-12-9-2)20-22(4)10-3;1-4-6(3)5-2;/h11,13-14,16-18,21-22,26,29,38H,8-10,12,15,19-20H2,1-7H3;6H,1-2,4-5H2,3H3;/q;-2;+2/b13-11-,23-14+,24-18+;;. The number of nitrogens with zero attached hydrogens (tertiary/aromatic N) is 1. The van der Waals surface area contributed by atoms with Gasteiger partial charge in [0, 0.05) is 18.3 Å². The van der Waals surface area contributed by atoms with Crippen molar-refractivity contribution in [3.63, 3.8) is 0 Å². The Balaban J connectivity index is 0. The molecule has 0 aromatic heterocycles. The summed E-state index contributed by atoms with van der Waals surface area (Å²) in [5.41, 5.74) is -1.25. The van der Waals surface area contributed by atoms with Crippen LogP contribution in [0.4, 0.5) is 26.3 Å². The normalized spacial score (nSPS) is 15.0. The number of hydrogen-bond donors (Lipinski definition) is 1. The van der Waals surface area contributed by atoms with Gasteiger partial charge in [-0.25, -0.2) is 0 Å². The minimum atomic E-state index is -4.94. The van der Waals surface area contributed by atoms with E-state index in [0.717, 1.165) is 69.2 Å². The molecule has 0 radical (unpaired) electrons. The van der Waals surface area contributed by atoms with Gasteiger partial charge in [-0.1, -0.05) is 95.7 Å². The van der Waals surface area contributed by atoms with E-state index in [1.54, 1.807) is 31.0 Å². The second kappa shape index (κ2) is 24.0. The van der Waals surface area contributed by atoms with Gasteiger partial charge in [0.25, 0.3) is 0 Å². The van der Waals surface area contributed by atoms with Crippen LogP contribution >= 0.6 is 0 Å². The molecule has 0 saturated heterocycles. The predicted octanol–water partition coefficient (Wildman–Crippen LogP) is 12.2. The van der Waals surface area contributed by atoms with Crippen molar-refractivity contribution in [2.75, 3.05) is 13.6 Å². The Hall–Kier alpha value is -1.17. The van der Waals surface area contributed by atoms with Crippen LogP contribution in [-0.4, -0.2) is 24.5 Å². The molecule has 1 aromatic rings. The van der Waals surface area contributed by atoms with Crippen LogP contribution in [0.1, 0.15) is 123 Å². The van der Waals surface area contributed by atoms with Gasteiger partial charge < -0.3 is 19.2 Å². The molecule has 262 valence electrons. The molecule has 1 aromatic carbocycles. The summed E-state index contributed by atoms with van der Waals surface area (Å²) in [5.74, 6) is 1.29. The molecule has 3 atom stereocenters. The van der Waals surface area contributed by atoms with E-state index >= 15 is 0 Å². The van der Waals surface area contributed by atoms with E-state index in [1.165, 1.54) is 0 Å². The van der Waals surface area contributed by atoms with E-state index in [1.807, 2.05) is 26.0 Å². The quantitative estimate of drug-likeness (QED) is 0.0953. The molecule has 0 saturated carbocycles. The van der Waals surface area contributed by atoms with Crippen molar-refractivity contribution in [2.45, 2.75) is 124 Å². The second-order valence-corrected chi connectivity index (χ2v) is 12.2.